The molecule has 0 saturated carbocycles. The first kappa shape index (κ1) is 11.9. The molecule has 15 heavy (non-hydrogen) atoms. The summed E-state index contributed by atoms with van der Waals surface area (Å²) >= 11 is 0. The van der Waals surface area contributed by atoms with Crippen molar-refractivity contribution in [1.82, 2.24) is 0 Å². The second kappa shape index (κ2) is 5.66. The first-order chi connectivity index (χ1) is 7.19. The van der Waals surface area contributed by atoms with Crippen LogP contribution in [0.3, 0.4) is 0 Å². The van der Waals surface area contributed by atoms with Crippen LogP contribution in [0.4, 0.5) is 8.78 Å². The highest BCUT2D eigenvalue weighted by Crippen LogP contribution is 2.24. The second-order valence-corrected chi connectivity index (χ2v) is 3.20. The molecule has 84 valence electrons. The third kappa shape index (κ3) is 3.16. The molecule has 0 amide bonds. The van der Waals surface area contributed by atoms with Gasteiger partial charge in [-0.1, -0.05) is 6.92 Å². The molecule has 0 aliphatic heterocycles. The molecule has 1 aromatic rings. The normalized spacial score (nSPS) is 10.4. The first-order valence-corrected chi connectivity index (χ1v) is 4.90. The van der Waals surface area contributed by atoms with E-state index in [-0.39, 0.29) is 18.8 Å². The lowest BCUT2D eigenvalue weighted by Crippen LogP contribution is -2.04. The van der Waals surface area contributed by atoms with Gasteiger partial charge in [-0.2, -0.15) is 0 Å². The number of halogens is 2. The molecule has 0 atom stereocenters. The monoisotopic (exact) mass is 216 g/mol. The number of aliphatic hydroxyl groups is 1. The molecule has 1 aromatic carbocycles. The minimum atomic E-state index is -0.716. The Bertz CT molecular complexity index is 327. The Labute approximate surface area is 87.5 Å². The minimum Gasteiger partial charge on any atom is -0.490 e. The summed E-state index contributed by atoms with van der Waals surface area (Å²) in [6.45, 7) is 2.11. The maximum Gasteiger partial charge on any atom is 0.168 e. The van der Waals surface area contributed by atoms with Crippen LogP contribution in [-0.2, 0) is 6.42 Å². The van der Waals surface area contributed by atoms with Gasteiger partial charge < -0.3 is 9.84 Å². The summed E-state index contributed by atoms with van der Waals surface area (Å²) in [5.41, 5.74) is 0.364. The molecule has 4 heteroatoms. The Morgan fingerprint density at radius 2 is 2.07 bits per heavy atom. The highest BCUT2D eigenvalue weighted by Gasteiger charge is 2.12. The zero-order valence-electron chi connectivity index (χ0n) is 8.59. The van der Waals surface area contributed by atoms with Gasteiger partial charge in [-0.05, 0) is 18.9 Å². The zero-order chi connectivity index (χ0) is 11.3. The van der Waals surface area contributed by atoms with Gasteiger partial charge in [0, 0.05) is 18.2 Å². The van der Waals surface area contributed by atoms with Gasteiger partial charge in [0.2, 0.25) is 0 Å². The van der Waals surface area contributed by atoms with Gasteiger partial charge in [0.25, 0.3) is 0 Å². The lowest BCUT2D eigenvalue weighted by Gasteiger charge is -2.11. The Kier molecular flexibility index (Phi) is 4.49. The van der Waals surface area contributed by atoms with Gasteiger partial charge >= 0.3 is 0 Å². The molecule has 0 bridgehead atoms. The summed E-state index contributed by atoms with van der Waals surface area (Å²) in [7, 11) is 0. The molecule has 0 saturated heterocycles. The molecule has 1 N–H and O–H groups in total. The van der Waals surface area contributed by atoms with Crippen LogP contribution in [0.1, 0.15) is 18.9 Å². The van der Waals surface area contributed by atoms with Crippen molar-refractivity contribution in [3.63, 3.8) is 0 Å². The van der Waals surface area contributed by atoms with E-state index in [0.29, 0.717) is 12.2 Å². The lowest BCUT2D eigenvalue weighted by atomic mass is 10.1. The number of aliphatic hydroxyl groups excluding tert-OH is 1. The topological polar surface area (TPSA) is 29.5 Å². The van der Waals surface area contributed by atoms with E-state index in [2.05, 4.69) is 0 Å². The van der Waals surface area contributed by atoms with Crippen molar-refractivity contribution in [3.8, 4) is 5.75 Å². The third-order valence-corrected chi connectivity index (χ3v) is 1.92. The lowest BCUT2D eigenvalue weighted by molar-refractivity contribution is 0.280. The Morgan fingerprint density at radius 1 is 1.33 bits per heavy atom. The standard InChI is InChI=1S/C11H14F2O2/c1-2-5-15-11-8(3-4-14)6-9(12)7-10(11)13/h6-7,14H,2-5H2,1H3. The summed E-state index contributed by atoms with van der Waals surface area (Å²) in [5, 5.41) is 8.75. The van der Waals surface area contributed by atoms with Crippen LogP contribution < -0.4 is 4.74 Å². The van der Waals surface area contributed by atoms with E-state index in [1.165, 1.54) is 6.07 Å². The van der Waals surface area contributed by atoms with E-state index in [1.807, 2.05) is 6.92 Å². The van der Waals surface area contributed by atoms with Crippen LogP contribution in [0, 0.1) is 11.6 Å². The number of hydrogen-bond donors (Lipinski definition) is 1. The average Bonchev–Trinajstić information content (AvgIpc) is 2.17. The van der Waals surface area contributed by atoms with E-state index >= 15 is 0 Å². The SMILES string of the molecule is CCCOc1c(F)cc(F)cc1CCO. The molecular formula is C11H14F2O2. The Hall–Kier alpha value is -1.16. The smallest absolute Gasteiger partial charge is 0.168 e. The highest BCUT2D eigenvalue weighted by atomic mass is 19.1. The van der Waals surface area contributed by atoms with Crippen LogP contribution in [0.15, 0.2) is 12.1 Å². The van der Waals surface area contributed by atoms with Crippen LogP contribution in [0.25, 0.3) is 0 Å². The van der Waals surface area contributed by atoms with Gasteiger partial charge in [0.15, 0.2) is 11.6 Å². The van der Waals surface area contributed by atoms with Gasteiger partial charge in [0.05, 0.1) is 6.61 Å². The molecule has 0 aliphatic rings. The number of ether oxygens (including phenoxy) is 1. The molecule has 0 fully saturated rings. The molecular weight excluding hydrogens is 202 g/mol. The van der Waals surface area contributed by atoms with Gasteiger partial charge in [-0.25, -0.2) is 8.78 Å². The van der Waals surface area contributed by atoms with Gasteiger partial charge in [0.1, 0.15) is 5.82 Å². The average molecular weight is 216 g/mol. The largest absolute Gasteiger partial charge is 0.490 e. The quantitative estimate of drug-likeness (QED) is 0.818. The third-order valence-electron chi connectivity index (χ3n) is 1.92. The first-order valence-electron chi connectivity index (χ1n) is 4.90. The summed E-state index contributed by atoms with van der Waals surface area (Å²) in [6.07, 6.45) is 0.934. The summed E-state index contributed by atoms with van der Waals surface area (Å²) < 4.78 is 31.4. The maximum atomic E-state index is 13.3. The second-order valence-electron chi connectivity index (χ2n) is 3.20. The van der Waals surface area contributed by atoms with Crippen LogP contribution in [0.5, 0.6) is 5.75 Å². The molecule has 0 heterocycles. The fraction of sp³-hybridized carbons (Fsp3) is 0.455. The fourth-order valence-electron chi connectivity index (χ4n) is 1.29. The Morgan fingerprint density at radius 3 is 2.67 bits per heavy atom. The van der Waals surface area contributed by atoms with E-state index < -0.39 is 11.6 Å². The molecule has 0 unspecified atom stereocenters. The van der Waals surface area contributed by atoms with Crippen molar-refractivity contribution >= 4 is 0 Å². The van der Waals surface area contributed by atoms with Crippen molar-refractivity contribution in [2.45, 2.75) is 19.8 Å². The predicted octanol–water partition coefficient (Wildman–Crippen LogP) is 2.29. The maximum absolute atomic E-state index is 13.3. The molecule has 0 aromatic heterocycles. The molecule has 0 aliphatic carbocycles. The van der Waals surface area contributed by atoms with Crippen molar-refractivity contribution in [2.75, 3.05) is 13.2 Å². The van der Waals surface area contributed by atoms with Gasteiger partial charge in [-0.3, -0.25) is 0 Å². The number of rotatable bonds is 5. The van der Waals surface area contributed by atoms with Crippen molar-refractivity contribution in [2.24, 2.45) is 0 Å². The fourth-order valence-corrected chi connectivity index (χ4v) is 1.29. The molecule has 0 spiro atoms. The van der Waals surface area contributed by atoms with E-state index in [4.69, 9.17) is 9.84 Å². The summed E-state index contributed by atoms with van der Waals surface area (Å²) in [6, 6.07) is 1.97. The van der Waals surface area contributed by atoms with Crippen LogP contribution in [0.2, 0.25) is 0 Å². The number of benzene rings is 1. The van der Waals surface area contributed by atoms with Gasteiger partial charge in [-0.15, -0.1) is 0 Å². The van der Waals surface area contributed by atoms with E-state index in [9.17, 15) is 8.78 Å². The molecule has 2 nitrogen and oxygen atoms in total. The predicted molar refractivity (Wildman–Crippen MR) is 52.9 cm³/mol. The summed E-state index contributed by atoms with van der Waals surface area (Å²) in [5.74, 6) is -1.32. The molecule has 1 rings (SSSR count). The van der Waals surface area contributed by atoms with Crippen molar-refractivity contribution in [3.05, 3.63) is 29.3 Å². The number of hydrogen-bond acceptors (Lipinski definition) is 2. The molecule has 0 radical (unpaired) electrons. The summed E-state index contributed by atoms with van der Waals surface area (Å²) in [4.78, 5) is 0. The van der Waals surface area contributed by atoms with Crippen LogP contribution in [-0.4, -0.2) is 18.3 Å². The van der Waals surface area contributed by atoms with Crippen molar-refractivity contribution in [1.29, 1.82) is 0 Å². The Balaban J connectivity index is 2.97. The van der Waals surface area contributed by atoms with E-state index in [0.717, 1.165) is 12.5 Å². The van der Waals surface area contributed by atoms with Crippen LogP contribution >= 0.6 is 0 Å². The zero-order valence-corrected chi connectivity index (χ0v) is 8.59. The highest BCUT2D eigenvalue weighted by molar-refractivity contribution is 5.35. The van der Waals surface area contributed by atoms with E-state index in [1.54, 1.807) is 0 Å². The minimum absolute atomic E-state index is 0.0484. The van der Waals surface area contributed by atoms with Crippen molar-refractivity contribution < 1.29 is 18.6 Å².